The zero-order valence-corrected chi connectivity index (χ0v) is 11.9. The molecule has 1 aromatic heterocycles. The molecule has 0 bridgehead atoms. The Bertz CT molecular complexity index is 572. The fourth-order valence-electron chi connectivity index (χ4n) is 2.25. The van der Waals surface area contributed by atoms with Gasteiger partial charge in [0.05, 0.1) is 5.41 Å². The van der Waals surface area contributed by atoms with Crippen molar-refractivity contribution in [1.82, 2.24) is 9.88 Å². The number of carbonyl (C=O) groups excluding carboxylic acids is 1. The van der Waals surface area contributed by atoms with Gasteiger partial charge in [-0.3, -0.25) is 9.59 Å². The van der Waals surface area contributed by atoms with Gasteiger partial charge >= 0.3 is 12.1 Å². The van der Waals surface area contributed by atoms with Gasteiger partial charge in [0.2, 0.25) is 0 Å². The van der Waals surface area contributed by atoms with Crippen LogP contribution in [0.3, 0.4) is 0 Å². The summed E-state index contributed by atoms with van der Waals surface area (Å²) >= 11 is 0.355. The van der Waals surface area contributed by atoms with Crippen LogP contribution in [0.5, 0.6) is 0 Å². The number of carboxylic acid groups (broad SMARTS) is 1. The summed E-state index contributed by atoms with van der Waals surface area (Å²) < 4.78 is 37.4. The van der Waals surface area contributed by atoms with E-state index in [0.29, 0.717) is 30.7 Å². The molecule has 9 heteroatoms. The molecule has 2 rings (SSSR count). The van der Waals surface area contributed by atoms with Crippen molar-refractivity contribution in [2.45, 2.75) is 25.9 Å². The number of thiazole rings is 1. The predicted octanol–water partition coefficient (Wildman–Crippen LogP) is 2.49. The number of aliphatic carboxylic acids is 1. The molecule has 0 radical (unpaired) electrons. The number of hydrogen-bond acceptors (Lipinski definition) is 4. The Hall–Kier alpha value is -1.64. The molecule has 1 saturated heterocycles. The number of nitrogens with zero attached hydrogens (tertiary/aromatic N) is 2. The second kappa shape index (κ2) is 5.28. The van der Waals surface area contributed by atoms with E-state index in [1.165, 1.54) is 11.8 Å². The van der Waals surface area contributed by atoms with E-state index in [9.17, 15) is 27.9 Å². The van der Waals surface area contributed by atoms with Crippen LogP contribution in [-0.4, -0.2) is 40.0 Å². The molecular weight excluding hydrogens is 309 g/mol. The topological polar surface area (TPSA) is 70.5 Å². The lowest BCUT2D eigenvalue weighted by Gasteiger charge is -2.37. The molecule has 1 amide bonds. The van der Waals surface area contributed by atoms with Crippen LogP contribution in [-0.2, 0) is 11.0 Å². The molecule has 0 aromatic carbocycles. The van der Waals surface area contributed by atoms with Crippen LogP contribution < -0.4 is 0 Å². The number of carboxylic acids is 1. The Labute approximate surface area is 122 Å². The molecule has 1 unspecified atom stereocenters. The molecule has 21 heavy (non-hydrogen) atoms. The van der Waals surface area contributed by atoms with E-state index in [1.807, 2.05) is 0 Å². The maximum atomic E-state index is 12.5. The van der Waals surface area contributed by atoms with E-state index in [1.54, 1.807) is 0 Å². The van der Waals surface area contributed by atoms with Gasteiger partial charge in [0.25, 0.3) is 5.91 Å². The minimum Gasteiger partial charge on any atom is -0.481 e. The number of halogens is 3. The van der Waals surface area contributed by atoms with Crippen LogP contribution in [0.25, 0.3) is 0 Å². The maximum Gasteiger partial charge on any atom is 0.443 e. The van der Waals surface area contributed by atoms with Gasteiger partial charge in [0, 0.05) is 18.5 Å². The van der Waals surface area contributed by atoms with Crippen molar-refractivity contribution < 1.29 is 27.9 Å². The number of aromatic nitrogens is 1. The number of amides is 1. The van der Waals surface area contributed by atoms with Crippen LogP contribution in [0.2, 0.25) is 0 Å². The average Bonchev–Trinajstić information content (AvgIpc) is 2.87. The molecule has 0 saturated carbocycles. The number of alkyl halides is 3. The van der Waals surface area contributed by atoms with Gasteiger partial charge in [0.1, 0.15) is 5.69 Å². The van der Waals surface area contributed by atoms with E-state index in [2.05, 4.69) is 4.98 Å². The van der Waals surface area contributed by atoms with E-state index >= 15 is 0 Å². The third-order valence-electron chi connectivity index (χ3n) is 3.47. The van der Waals surface area contributed by atoms with Gasteiger partial charge in [-0.05, 0) is 19.8 Å². The number of hydrogen-bond donors (Lipinski definition) is 1. The largest absolute Gasteiger partial charge is 0.481 e. The summed E-state index contributed by atoms with van der Waals surface area (Å²) in [7, 11) is 0. The predicted molar refractivity (Wildman–Crippen MR) is 68.0 cm³/mol. The summed E-state index contributed by atoms with van der Waals surface area (Å²) in [6.07, 6.45) is -3.66. The second-order valence-corrected chi connectivity index (χ2v) is 6.09. The fourth-order valence-corrected chi connectivity index (χ4v) is 2.91. The molecular formula is C12H13F3N2O3S. The summed E-state index contributed by atoms with van der Waals surface area (Å²) in [6, 6.07) is 0. The van der Waals surface area contributed by atoms with Gasteiger partial charge in [-0.25, -0.2) is 4.98 Å². The van der Waals surface area contributed by atoms with E-state index in [0.717, 1.165) is 5.38 Å². The third kappa shape index (κ3) is 3.17. The molecule has 5 nitrogen and oxygen atoms in total. The highest BCUT2D eigenvalue weighted by Crippen LogP contribution is 2.33. The van der Waals surface area contributed by atoms with Crippen molar-refractivity contribution >= 4 is 23.2 Å². The summed E-state index contributed by atoms with van der Waals surface area (Å²) in [5, 5.41) is 9.15. The number of likely N-dealkylation sites (tertiary alicyclic amines) is 1. The standard InChI is InChI=1S/C12H13F3N2O3S/c1-11(10(19)20)3-2-4-17(6-11)8(18)7-5-21-9(16-7)12(13,14)15/h5H,2-4,6H2,1H3,(H,19,20). The molecule has 1 atom stereocenters. The van der Waals surface area contributed by atoms with Crippen LogP contribution >= 0.6 is 11.3 Å². The second-order valence-electron chi connectivity index (χ2n) is 5.23. The van der Waals surface area contributed by atoms with Crippen LogP contribution in [0, 0.1) is 5.41 Å². The van der Waals surface area contributed by atoms with E-state index in [4.69, 9.17) is 0 Å². The Morgan fingerprint density at radius 1 is 1.48 bits per heavy atom. The van der Waals surface area contributed by atoms with Crippen LogP contribution in [0.4, 0.5) is 13.2 Å². The van der Waals surface area contributed by atoms with Gasteiger partial charge < -0.3 is 10.0 Å². The van der Waals surface area contributed by atoms with Crippen molar-refractivity contribution in [3.8, 4) is 0 Å². The molecule has 1 aliphatic heterocycles. The van der Waals surface area contributed by atoms with Crippen molar-refractivity contribution in [3.63, 3.8) is 0 Å². The number of carbonyl (C=O) groups is 2. The average molecular weight is 322 g/mol. The molecule has 1 fully saturated rings. The highest BCUT2D eigenvalue weighted by molar-refractivity contribution is 7.09. The lowest BCUT2D eigenvalue weighted by Crippen LogP contribution is -2.48. The highest BCUT2D eigenvalue weighted by Gasteiger charge is 2.41. The van der Waals surface area contributed by atoms with Crippen LogP contribution in [0.15, 0.2) is 5.38 Å². The van der Waals surface area contributed by atoms with Crippen molar-refractivity contribution in [2.75, 3.05) is 13.1 Å². The molecule has 0 aliphatic carbocycles. The first-order valence-electron chi connectivity index (χ1n) is 6.19. The monoisotopic (exact) mass is 322 g/mol. The molecule has 1 N–H and O–H groups in total. The Balaban J connectivity index is 2.17. The lowest BCUT2D eigenvalue weighted by molar-refractivity contribution is -0.150. The molecule has 1 aliphatic rings. The normalized spacial score (nSPS) is 23.1. The van der Waals surface area contributed by atoms with Crippen LogP contribution in [0.1, 0.15) is 35.3 Å². The summed E-state index contributed by atoms with van der Waals surface area (Å²) in [6.45, 7) is 1.82. The summed E-state index contributed by atoms with van der Waals surface area (Å²) in [5.41, 5.74) is -1.36. The first-order valence-corrected chi connectivity index (χ1v) is 7.07. The zero-order chi connectivity index (χ0) is 15.8. The third-order valence-corrected chi connectivity index (χ3v) is 4.35. The van der Waals surface area contributed by atoms with Gasteiger partial charge in [-0.2, -0.15) is 13.2 Å². The first-order chi connectivity index (χ1) is 9.63. The Kier molecular flexibility index (Phi) is 3.96. The van der Waals surface area contributed by atoms with Crippen molar-refractivity contribution in [2.24, 2.45) is 5.41 Å². The lowest BCUT2D eigenvalue weighted by atomic mass is 9.82. The molecule has 0 spiro atoms. The van der Waals surface area contributed by atoms with Gasteiger partial charge in [0.15, 0.2) is 5.01 Å². The fraction of sp³-hybridized carbons (Fsp3) is 0.583. The quantitative estimate of drug-likeness (QED) is 0.908. The van der Waals surface area contributed by atoms with E-state index in [-0.39, 0.29) is 12.2 Å². The number of piperidine rings is 1. The maximum absolute atomic E-state index is 12.5. The van der Waals surface area contributed by atoms with E-state index < -0.39 is 28.5 Å². The van der Waals surface area contributed by atoms with Gasteiger partial charge in [-0.1, -0.05) is 0 Å². The zero-order valence-electron chi connectivity index (χ0n) is 11.1. The van der Waals surface area contributed by atoms with Gasteiger partial charge in [-0.15, -0.1) is 11.3 Å². The smallest absolute Gasteiger partial charge is 0.443 e. The molecule has 1 aromatic rings. The van der Waals surface area contributed by atoms with Crippen molar-refractivity contribution in [3.05, 3.63) is 16.1 Å². The molecule has 116 valence electrons. The molecule has 2 heterocycles. The summed E-state index contributed by atoms with van der Waals surface area (Å²) in [5.74, 6) is -1.68. The Morgan fingerprint density at radius 2 is 2.14 bits per heavy atom. The highest BCUT2D eigenvalue weighted by atomic mass is 32.1. The summed E-state index contributed by atoms with van der Waals surface area (Å²) in [4.78, 5) is 27.9. The first kappa shape index (κ1) is 15.7. The number of rotatable bonds is 2. The van der Waals surface area contributed by atoms with Crippen molar-refractivity contribution in [1.29, 1.82) is 0 Å². The minimum atomic E-state index is -4.58. The minimum absolute atomic E-state index is 0.0277. The Morgan fingerprint density at radius 3 is 2.67 bits per heavy atom. The SMILES string of the molecule is CC1(C(=O)O)CCCN(C(=O)c2csc(C(F)(F)F)n2)C1.